The smallest absolute Gasteiger partial charge is 0.317 e. The summed E-state index contributed by atoms with van der Waals surface area (Å²) < 4.78 is 5.90. The van der Waals surface area contributed by atoms with Crippen molar-refractivity contribution >= 4 is 6.03 Å². The summed E-state index contributed by atoms with van der Waals surface area (Å²) >= 11 is 0. The van der Waals surface area contributed by atoms with Gasteiger partial charge >= 0.3 is 6.03 Å². The van der Waals surface area contributed by atoms with Crippen LogP contribution in [0.15, 0.2) is 0 Å². The van der Waals surface area contributed by atoms with Crippen LogP contribution in [0.4, 0.5) is 4.79 Å². The molecule has 2 rings (SSSR count). The van der Waals surface area contributed by atoms with Crippen molar-refractivity contribution in [2.75, 3.05) is 32.7 Å². The standard InChI is InChI=1S/C12H23N3O2/c1-4-13-12(16)15-7-10-5-14(9(2)3)6-11(8-15)17-10/h9-11H,4-8H2,1-3H3,(H,13,16). The van der Waals surface area contributed by atoms with Gasteiger partial charge in [0.1, 0.15) is 0 Å². The van der Waals surface area contributed by atoms with Crippen LogP contribution in [0.5, 0.6) is 0 Å². The van der Waals surface area contributed by atoms with Crippen LogP contribution in [0.25, 0.3) is 0 Å². The number of carbonyl (C=O) groups is 1. The maximum absolute atomic E-state index is 11.8. The molecule has 0 aromatic rings. The Morgan fingerprint density at radius 1 is 1.29 bits per heavy atom. The molecular weight excluding hydrogens is 218 g/mol. The van der Waals surface area contributed by atoms with Crippen molar-refractivity contribution in [1.29, 1.82) is 0 Å². The van der Waals surface area contributed by atoms with Crippen molar-refractivity contribution in [2.45, 2.75) is 39.0 Å². The van der Waals surface area contributed by atoms with Gasteiger partial charge in [-0.3, -0.25) is 4.90 Å². The molecule has 17 heavy (non-hydrogen) atoms. The van der Waals surface area contributed by atoms with Crippen molar-refractivity contribution in [3.8, 4) is 0 Å². The molecular formula is C12H23N3O2. The van der Waals surface area contributed by atoms with E-state index in [9.17, 15) is 4.79 Å². The minimum Gasteiger partial charge on any atom is -0.369 e. The number of amides is 2. The van der Waals surface area contributed by atoms with Crippen molar-refractivity contribution in [3.63, 3.8) is 0 Å². The van der Waals surface area contributed by atoms with Crippen molar-refractivity contribution in [2.24, 2.45) is 0 Å². The number of ether oxygens (including phenoxy) is 1. The predicted molar refractivity (Wildman–Crippen MR) is 66.0 cm³/mol. The van der Waals surface area contributed by atoms with Crippen molar-refractivity contribution in [3.05, 3.63) is 0 Å². The van der Waals surface area contributed by atoms with E-state index in [-0.39, 0.29) is 18.2 Å². The van der Waals surface area contributed by atoms with E-state index < -0.39 is 0 Å². The number of nitrogens with zero attached hydrogens (tertiary/aromatic N) is 2. The molecule has 2 saturated heterocycles. The number of fused-ring (bicyclic) bond motifs is 2. The van der Waals surface area contributed by atoms with E-state index >= 15 is 0 Å². The third-order valence-corrected chi connectivity index (χ3v) is 3.45. The molecule has 0 aromatic carbocycles. The molecule has 2 atom stereocenters. The van der Waals surface area contributed by atoms with Gasteiger partial charge < -0.3 is 15.0 Å². The zero-order valence-electron chi connectivity index (χ0n) is 11.0. The number of hydrogen-bond acceptors (Lipinski definition) is 3. The average molecular weight is 241 g/mol. The highest BCUT2D eigenvalue weighted by Crippen LogP contribution is 2.20. The van der Waals surface area contributed by atoms with Gasteiger partial charge in [-0.15, -0.1) is 0 Å². The van der Waals surface area contributed by atoms with Crippen LogP contribution in [0.3, 0.4) is 0 Å². The van der Waals surface area contributed by atoms with Gasteiger partial charge in [0.25, 0.3) is 0 Å². The van der Waals surface area contributed by atoms with Gasteiger partial charge in [-0.25, -0.2) is 4.79 Å². The number of nitrogens with one attached hydrogen (secondary N) is 1. The summed E-state index contributed by atoms with van der Waals surface area (Å²) in [4.78, 5) is 16.1. The summed E-state index contributed by atoms with van der Waals surface area (Å²) in [5, 5.41) is 2.86. The lowest BCUT2D eigenvalue weighted by atomic mass is 10.1. The van der Waals surface area contributed by atoms with Gasteiger partial charge in [0.05, 0.1) is 12.2 Å². The van der Waals surface area contributed by atoms with Gasteiger partial charge in [-0.2, -0.15) is 0 Å². The van der Waals surface area contributed by atoms with Gasteiger partial charge in [-0.05, 0) is 20.8 Å². The number of rotatable bonds is 2. The Labute approximate surface area is 103 Å². The number of urea groups is 1. The van der Waals surface area contributed by atoms with E-state index in [4.69, 9.17) is 4.74 Å². The van der Waals surface area contributed by atoms with Crippen LogP contribution in [0.1, 0.15) is 20.8 Å². The van der Waals surface area contributed by atoms with E-state index in [2.05, 4.69) is 24.1 Å². The summed E-state index contributed by atoms with van der Waals surface area (Å²) in [7, 11) is 0. The van der Waals surface area contributed by atoms with Gasteiger partial charge in [0.15, 0.2) is 0 Å². The Kier molecular flexibility index (Phi) is 3.89. The van der Waals surface area contributed by atoms with Gasteiger partial charge in [-0.1, -0.05) is 0 Å². The zero-order chi connectivity index (χ0) is 12.4. The largest absolute Gasteiger partial charge is 0.369 e. The lowest BCUT2D eigenvalue weighted by Gasteiger charge is -2.46. The highest BCUT2D eigenvalue weighted by molar-refractivity contribution is 5.74. The first kappa shape index (κ1) is 12.6. The lowest BCUT2D eigenvalue weighted by Crippen LogP contribution is -2.62. The molecule has 98 valence electrons. The van der Waals surface area contributed by atoms with Crippen molar-refractivity contribution < 1.29 is 9.53 Å². The van der Waals surface area contributed by atoms with E-state index in [1.165, 1.54) is 0 Å². The van der Waals surface area contributed by atoms with E-state index in [1.807, 2.05) is 11.8 Å². The summed E-state index contributed by atoms with van der Waals surface area (Å²) in [5.74, 6) is 0. The highest BCUT2D eigenvalue weighted by atomic mass is 16.5. The summed E-state index contributed by atoms with van der Waals surface area (Å²) in [6.45, 7) is 10.3. The Morgan fingerprint density at radius 2 is 1.88 bits per heavy atom. The first-order chi connectivity index (χ1) is 8.10. The van der Waals surface area contributed by atoms with E-state index in [1.54, 1.807) is 0 Å². The Balaban J connectivity index is 1.93. The van der Waals surface area contributed by atoms with E-state index in [0.29, 0.717) is 25.7 Å². The molecule has 0 aliphatic carbocycles. The molecule has 5 heteroatoms. The minimum absolute atomic E-state index is 0.0452. The fraction of sp³-hybridized carbons (Fsp3) is 0.917. The Hall–Kier alpha value is -0.810. The van der Waals surface area contributed by atoms with Crippen molar-refractivity contribution in [1.82, 2.24) is 15.1 Å². The van der Waals surface area contributed by atoms with Crippen LogP contribution < -0.4 is 5.32 Å². The quantitative estimate of drug-likeness (QED) is 0.766. The average Bonchev–Trinajstić information content (AvgIpc) is 2.27. The molecule has 5 nitrogen and oxygen atoms in total. The Morgan fingerprint density at radius 3 is 2.35 bits per heavy atom. The normalized spacial score (nSPS) is 29.5. The summed E-state index contributed by atoms with van der Waals surface area (Å²) in [6.07, 6.45) is 0.347. The third-order valence-electron chi connectivity index (χ3n) is 3.45. The first-order valence-electron chi connectivity index (χ1n) is 6.52. The second-order valence-electron chi connectivity index (χ2n) is 5.17. The fourth-order valence-corrected chi connectivity index (χ4v) is 2.57. The maximum atomic E-state index is 11.8. The molecule has 2 heterocycles. The summed E-state index contributed by atoms with van der Waals surface area (Å²) in [5.41, 5.74) is 0. The summed E-state index contributed by atoms with van der Waals surface area (Å²) in [6, 6.07) is 0.601. The number of carbonyl (C=O) groups excluding carboxylic acids is 1. The lowest BCUT2D eigenvalue weighted by molar-refractivity contribution is -0.134. The second kappa shape index (κ2) is 5.23. The number of morpholine rings is 2. The molecule has 0 aromatic heterocycles. The topological polar surface area (TPSA) is 44.8 Å². The molecule has 2 amide bonds. The van der Waals surface area contributed by atoms with Crippen LogP contribution in [-0.4, -0.2) is 66.8 Å². The first-order valence-corrected chi connectivity index (χ1v) is 6.52. The molecule has 2 bridgehead atoms. The minimum atomic E-state index is 0.0452. The molecule has 0 spiro atoms. The monoisotopic (exact) mass is 241 g/mol. The number of hydrogen-bond donors (Lipinski definition) is 1. The molecule has 2 fully saturated rings. The molecule has 0 saturated carbocycles. The Bertz CT molecular complexity index is 269. The zero-order valence-corrected chi connectivity index (χ0v) is 11.0. The second-order valence-corrected chi connectivity index (χ2v) is 5.17. The highest BCUT2D eigenvalue weighted by Gasteiger charge is 2.37. The van der Waals surface area contributed by atoms with Crippen LogP contribution >= 0.6 is 0 Å². The maximum Gasteiger partial charge on any atom is 0.317 e. The predicted octanol–water partition coefficient (Wildman–Crippen LogP) is 0.509. The molecule has 2 aliphatic heterocycles. The van der Waals surface area contributed by atoms with E-state index in [0.717, 1.165) is 13.1 Å². The van der Waals surface area contributed by atoms with Gasteiger partial charge in [0, 0.05) is 38.8 Å². The van der Waals surface area contributed by atoms with Crippen LogP contribution in [0, 0.1) is 0 Å². The van der Waals surface area contributed by atoms with Gasteiger partial charge in [0.2, 0.25) is 0 Å². The molecule has 0 radical (unpaired) electrons. The fourth-order valence-electron chi connectivity index (χ4n) is 2.57. The van der Waals surface area contributed by atoms with Crippen LogP contribution in [0.2, 0.25) is 0 Å². The molecule has 1 N–H and O–H groups in total. The molecule has 2 aliphatic rings. The third kappa shape index (κ3) is 2.90. The van der Waals surface area contributed by atoms with Crippen LogP contribution in [-0.2, 0) is 4.74 Å². The SMILES string of the molecule is CCNC(=O)N1CC2CN(C(C)C)CC(C1)O2. The molecule has 2 unspecified atom stereocenters.